The summed E-state index contributed by atoms with van der Waals surface area (Å²) < 4.78 is 7.73. The lowest BCUT2D eigenvalue weighted by Gasteiger charge is -2.34. The zero-order chi connectivity index (χ0) is 19.3. The number of morpholine rings is 1. The molecule has 1 fully saturated rings. The standard InChI is InChI=1S/C20H27N7O.HI/c1-21-20(27-10-11-28-18(14-27)15-12-23-26(2)13-15)22-9-5-8-19-24-16-6-3-4-7-17(16)25-19;/h3-4,6-7,12-13,18H,5,8-11,14H2,1-2H3,(H,21,22)(H,24,25);1H. The number of aryl methyl sites for hydroxylation is 2. The maximum absolute atomic E-state index is 5.92. The van der Waals surface area contributed by atoms with Crippen molar-refractivity contribution in [3.8, 4) is 0 Å². The molecule has 0 bridgehead atoms. The second kappa shape index (κ2) is 10.1. The number of H-pyrrole nitrogens is 1. The fraction of sp³-hybridized carbons (Fsp3) is 0.450. The summed E-state index contributed by atoms with van der Waals surface area (Å²) >= 11 is 0. The van der Waals surface area contributed by atoms with Gasteiger partial charge in [0, 0.05) is 45.4 Å². The van der Waals surface area contributed by atoms with Crippen LogP contribution in [0, 0.1) is 0 Å². The van der Waals surface area contributed by atoms with Gasteiger partial charge in [-0.2, -0.15) is 5.10 Å². The van der Waals surface area contributed by atoms with E-state index >= 15 is 0 Å². The summed E-state index contributed by atoms with van der Waals surface area (Å²) in [5, 5.41) is 7.73. The van der Waals surface area contributed by atoms with E-state index in [-0.39, 0.29) is 30.1 Å². The Kier molecular flexibility index (Phi) is 7.48. The molecule has 1 saturated heterocycles. The molecule has 156 valence electrons. The van der Waals surface area contributed by atoms with Crippen LogP contribution in [0.4, 0.5) is 0 Å². The van der Waals surface area contributed by atoms with Gasteiger partial charge < -0.3 is 19.9 Å². The number of nitrogens with zero attached hydrogens (tertiary/aromatic N) is 5. The number of ether oxygens (including phenoxy) is 1. The monoisotopic (exact) mass is 509 g/mol. The van der Waals surface area contributed by atoms with Crippen LogP contribution in [0.3, 0.4) is 0 Å². The molecule has 1 atom stereocenters. The van der Waals surface area contributed by atoms with Gasteiger partial charge >= 0.3 is 0 Å². The summed E-state index contributed by atoms with van der Waals surface area (Å²) in [7, 11) is 3.75. The molecule has 0 radical (unpaired) electrons. The summed E-state index contributed by atoms with van der Waals surface area (Å²) in [5.41, 5.74) is 3.22. The molecule has 3 aromatic rings. The van der Waals surface area contributed by atoms with Crippen molar-refractivity contribution < 1.29 is 4.74 Å². The van der Waals surface area contributed by atoms with E-state index in [1.807, 2.05) is 49.4 Å². The Morgan fingerprint density at radius 1 is 1.38 bits per heavy atom. The topological polar surface area (TPSA) is 83.4 Å². The van der Waals surface area contributed by atoms with Crippen LogP contribution in [0.1, 0.15) is 23.9 Å². The number of aromatic nitrogens is 4. The third-order valence-corrected chi connectivity index (χ3v) is 4.99. The number of aromatic amines is 1. The fourth-order valence-electron chi connectivity index (χ4n) is 3.56. The second-order valence-corrected chi connectivity index (χ2v) is 7.03. The number of nitrogens with one attached hydrogen (secondary N) is 2. The first-order valence-corrected chi connectivity index (χ1v) is 9.72. The molecule has 0 amide bonds. The van der Waals surface area contributed by atoms with E-state index in [0.29, 0.717) is 6.61 Å². The molecule has 1 aliphatic rings. The van der Waals surface area contributed by atoms with Gasteiger partial charge in [-0.1, -0.05) is 12.1 Å². The Morgan fingerprint density at radius 2 is 2.24 bits per heavy atom. The van der Waals surface area contributed by atoms with E-state index in [1.54, 1.807) is 0 Å². The molecule has 0 saturated carbocycles. The highest BCUT2D eigenvalue weighted by Gasteiger charge is 2.25. The van der Waals surface area contributed by atoms with Gasteiger partial charge in [0.25, 0.3) is 0 Å². The van der Waals surface area contributed by atoms with Gasteiger partial charge in [-0.15, -0.1) is 24.0 Å². The normalized spacial score (nSPS) is 17.4. The number of halogens is 1. The first-order valence-electron chi connectivity index (χ1n) is 9.72. The predicted octanol–water partition coefficient (Wildman–Crippen LogP) is 2.50. The van der Waals surface area contributed by atoms with Crippen molar-refractivity contribution in [3.63, 3.8) is 0 Å². The van der Waals surface area contributed by atoms with Crippen LogP contribution in [0.15, 0.2) is 41.7 Å². The highest BCUT2D eigenvalue weighted by atomic mass is 127. The highest BCUT2D eigenvalue weighted by Crippen LogP contribution is 2.21. The first-order chi connectivity index (χ1) is 13.7. The van der Waals surface area contributed by atoms with Crippen molar-refractivity contribution in [2.24, 2.45) is 12.0 Å². The molecule has 8 nitrogen and oxygen atoms in total. The largest absolute Gasteiger partial charge is 0.370 e. The number of fused-ring (bicyclic) bond motifs is 1. The van der Waals surface area contributed by atoms with Crippen molar-refractivity contribution in [1.29, 1.82) is 0 Å². The van der Waals surface area contributed by atoms with Gasteiger partial charge in [0.05, 0.1) is 30.4 Å². The second-order valence-electron chi connectivity index (χ2n) is 7.03. The van der Waals surface area contributed by atoms with E-state index in [4.69, 9.17) is 4.74 Å². The lowest BCUT2D eigenvalue weighted by molar-refractivity contribution is -0.00801. The smallest absolute Gasteiger partial charge is 0.193 e. The molecular formula is C20H28IN7O. The third-order valence-electron chi connectivity index (χ3n) is 4.99. The minimum absolute atomic E-state index is 0. The average molecular weight is 509 g/mol. The summed E-state index contributed by atoms with van der Waals surface area (Å²) in [5.74, 6) is 1.95. The Hall–Kier alpha value is -2.14. The third kappa shape index (κ3) is 5.27. The maximum atomic E-state index is 5.92. The quantitative estimate of drug-likeness (QED) is 0.239. The number of para-hydroxylation sites is 2. The number of hydrogen-bond donors (Lipinski definition) is 2. The van der Waals surface area contributed by atoms with Crippen LogP contribution in [-0.4, -0.2) is 63.9 Å². The van der Waals surface area contributed by atoms with Crippen LogP contribution in [0.25, 0.3) is 11.0 Å². The fourth-order valence-corrected chi connectivity index (χ4v) is 3.56. The van der Waals surface area contributed by atoms with Crippen molar-refractivity contribution in [2.45, 2.75) is 18.9 Å². The van der Waals surface area contributed by atoms with Gasteiger partial charge in [0.1, 0.15) is 11.9 Å². The Labute approximate surface area is 187 Å². The number of hydrogen-bond acceptors (Lipinski definition) is 4. The van der Waals surface area contributed by atoms with E-state index in [0.717, 1.165) is 60.9 Å². The Balaban J connectivity index is 0.00000240. The lowest BCUT2D eigenvalue weighted by atomic mass is 10.1. The minimum atomic E-state index is 0. The van der Waals surface area contributed by atoms with Crippen molar-refractivity contribution in [3.05, 3.63) is 48.0 Å². The lowest BCUT2D eigenvalue weighted by Crippen LogP contribution is -2.48. The SMILES string of the molecule is CN=C(NCCCc1nc2ccccc2[nH]1)N1CCOC(c2cnn(C)c2)C1.I. The maximum Gasteiger partial charge on any atom is 0.193 e. The van der Waals surface area contributed by atoms with Crippen LogP contribution in [-0.2, 0) is 18.2 Å². The summed E-state index contributed by atoms with van der Waals surface area (Å²) in [6.07, 6.45) is 5.79. The summed E-state index contributed by atoms with van der Waals surface area (Å²) in [6, 6.07) is 8.13. The molecular weight excluding hydrogens is 481 g/mol. The molecule has 2 N–H and O–H groups in total. The van der Waals surface area contributed by atoms with Gasteiger partial charge in [-0.25, -0.2) is 4.98 Å². The predicted molar refractivity (Wildman–Crippen MR) is 125 cm³/mol. The van der Waals surface area contributed by atoms with Gasteiger partial charge in [-0.05, 0) is 18.6 Å². The van der Waals surface area contributed by atoms with Crippen LogP contribution in [0.5, 0.6) is 0 Å². The Bertz CT molecular complexity index is 918. The van der Waals surface area contributed by atoms with Crippen LogP contribution < -0.4 is 5.32 Å². The number of guanidine groups is 1. The molecule has 0 spiro atoms. The molecule has 3 heterocycles. The van der Waals surface area contributed by atoms with E-state index < -0.39 is 0 Å². The number of imidazole rings is 1. The molecule has 2 aromatic heterocycles. The first kappa shape index (κ1) is 21.6. The number of aliphatic imine (C=N–C) groups is 1. The van der Waals surface area contributed by atoms with Crippen LogP contribution in [0.2, 0.25) is 0 Å². The molecule has 1 aromatic carbocycles. The molecule has 9 heteroatoms. The molecule has 1 unspecified atom stereocenters. The van der Waals surface area contributed by atoms with E-state index in [9.17, 15) is 0 Å². The van der Waals surface area contributed by atoms with Crippen molar-refractivity contribution in [1.82, 2.24) is 30.0 Å². The molecule has 1 aliphatic heterocycles. The zero-order valence-electron chi connectivity index (χ0n) is 16.8. The highest BCUT2D eigenvalue weighted by molar-refractivity contribution is 14.0. The molecule has 0 aliphatic carbocycles. The molecule has 29 heavy (non-hydrogen) atoms. The number of benzene rings is 1. The van der Waals surface area contributed by atoms with E-state index in [1.165, 1.54) is 0 Å². The zero-order valence-corrected chi connectivity index (χ0v) is 19.2. The van der Waals surface area contributed by atoms with Crippen molar-refractivity contribution >= 4 is 41.0 Å². The van der Waals surface area contributed by atoms with Crippen LogP contribution >= 0.6 is 24.0 Å². The van der Waals surface area contributed by atoms with E-state index in [2.05, 4.69) is 36.3 Å². The van der Waals surface area contributed by atoms with Crippen molar-refractivity contribution in [2.75, 3.05) is 33.3 Å². The van der Waals surface area contributed by atoms with Gasteiger partial charge in [-0.3, -0.25) is 9.67 Å². The minimum Gasteiger partial charge on any atom is -0.370 e. The Morgan fingerprint density at radius 3 is 3.00 bits per heavy atom. The summed E-state index contributed by atoms with van der Waals surface area (Å²) in [4.78, 5) is 14.7. The van der Waals surface area contributed by atoms with Gasteiger partial charge in [0.2, 0.25) is 0 Å². The summed E-state index contributed by atoms with van der Waals surface area (Å²) in [6.45, 7) is 3.13. The van der Waals surface area contributed by atoms with Gasteiger partial charge in [0.15, 0.2) is 5.96 Å². The average Bonchev–Trinajstić information content (AvgIpc) is 3.34. The number of rotatable bonds is 5. The molecule has 4 rings (SSSR count).